The molecule has 22 heavy (non-hydrogen) atoms. The summed E-state index contributed by atoms with van der Waals surface area (Å²) in [4.78, 5) is 44.4. The molecule has 0 N–H and O–H groups in total. The van der Waals surface area contributed by atoms with Gasteiger partial charge in [0.05, 0.1) is 0 Å². The van der Waals surface area contributed by atoms with Gasteiger partial charge >= 0.3 is 36.5 Å². The number of carboxylic acids is 5. The van der Waals surface area contributed by atoms with Crippen LogP contribution >= 0.6 is 0 Å². The molecule has 0 aromatic rings. The van der Waals surface area contributed by atoms with E-state index in [9.17, 15) is 0 Å². The summed E-state index contributed by atoms with van der Waals surface area (Å²) in [5, 5.41) is 44.4. The number of hydrogen-bond acceptors (Lipinski definition) is 10. The fourth-order valence-electron chi connectivity index (χ4n) is 0. The van der Waals surface area contributed by atoms with Crippen molar-refractivity contribution in [3.8, 4) is 0 Å². The summed E-state index contributed by atoms with van der Waals surface area (Å²) in [6.07, 6.45) is 0. The maximum Gasteiger partial charge on any atom is 3.00 e. The first kappa shape index (κ1) is 42.8. The SMILES string of the molecule is CC(=O)[O-].CC(=O)[O-].CC(=O)[O-].CC(=O)[O-].CC(=O)[O-].[Cu+2].[Ru+3]. The summed E-state index contributed by atoms with van der Waals surface area (Å²) >= 11 is 0. The molecule has 0 heterocycles. The quantitative estimate of drug-likeness (QED) is 0.313. The monoisotopic (exact) mass is 460 g/mol. The van der Waals surface area contributed by atoms with Crippen LogP contribution in [0.3, 0.4) is 0 Å². The van der Waals surface area contributed by atoms with Crippen molar-refractivity contribution >= 4 is 29.8 Å². The van der Waals surface area contributed by atoms with Gasteiger partial charge < -0.3 is 49.5 Å². The Morgan fingerprint density at radius 2 is 0.455 bits per heavy atom. The van der Waals surface area contributed by atoms with Crippen molar-refractivity contribution in [2.24, 2.45) is 0 Å². The smallest absolute Gasteiger partial charge is 0.550 e. The maximum absolute atomic E-state index is 8.89. The second kappa shape index (κ2) is 36.6. The van der Waals surface area contributed by atoms with Crippen LogP contribution in [-0.2, 0) is 60.5 Å². The molecule has 0 aliphatic heterocycles. The largest absolute Gasteiger partial charge is 3.00 e. The maximum atomic E-state index is 8.89. The average Bonchev–Trinajstić information content (AvgIpc) is 1.94. The minimum Gasteiger partial charge on any atom is -0.550 e. The van der Waals surface area contributed by atoms with Crippen LogP contribution in [0.5, 0.6) is 0 Å². The third-order valence-corrected chi connectivity index (χ3v) is 0. The molecule has 0 rings (SSSR count). The average molecular weight is 460 g/mol. The minimum absolute atomic E-state index is 0. The molecule has 0 atom stereocenters. The van der Waals surface area contributed by atoms with Crippen molar-refractivity contribution in [2.75, 3.05) is 0 Å². The van der Waals surface area contributed by atoms with Crippen LogP contribution in [0.15, 0.2) is 0 Å². The third-order valence-electron chi connectivity index (χ3n) is 0. The topological polar surface area (TPSA) is 201 Å². The molecule has 10 nitrogen and oxygen atoms in total. The molecule has 0 saturated carbocycles. The van der Waals surface area contributed by atoms with Gasteiger partial charge in [0.15, 0.2) is 0 Å². The predicted molar refractivity (Wildman–Crippen MR) is 53.4 cm³/mol. The van der Waals surface area contributed by atoms with E-state index in [-0.39, 0.29) is 36.5 Å². The molecule has 0 aliphatic rings. The van der Waals surface area contributed by atoms with Crippen LogP contribution in [0, 0.1) is 0 Å². The summed E-state index contributed by atoms with van der Waals surface area (Å²) < 4.78 is 0. The van der Waals surface area contributed by atoms with Crippen LogP contribution < -0.4 is 25.5 Å². The molecule has 0 unspecified atom stereocenters. The molecular weight excluding hydrogens is 445 g/mol. The molecule has 12 heteroatoms. The molecule has 134 valence electrons. The minimum atomic E-state index is -1.08. The van der Waals surface area contributed by atoms with E-state index < -0.39 is 29.8 Å². The zero-order chi connectivity index (χ0) is 17.9. The number of aliphatic carboxylic acids is 5. The van der Waals surface area contributed by atoms with E-state index in [1.807, 2.05) is 0 Å². The molecule has 0 bridgehead atoms. The van der Waals surface area contributed by atoms with Gasteiger partial charge in [-0.3, -0.25) is 0 Å². The van der Waals surface area contributed by atoms with E-state index in [1.165, 1.54) is 0 Å². The van der Waals surface area contributed by atoms with Crippen molar-refractivity contribution in [3.05, 3.63) is 0 Å². The third kappa shape index (κ3) is 2490. The number of carbonyl (C=O) groups is 5. The molecule has 0 amide bonds. The van der Waals surface area contributed by atoms with Gasteiger partial charge in [-0.25, -0.2) is 0 Å². The Bertz CT molecular complexity index is 216. The van der Waals surface area contributed by atoms with Gasteiger partial charge in [-0.15, -0.1) is 0 Å². The van der Waals surface area contributed by atoms with Crippen molar-refractivity contribution in [3.63, 3.8) is 0 Å². The van der Waals surface area contributed by atoms with E-state index in [2.05, 4.69) is 0 Å². The van der Waals surface area contributed by atoms with Gasteiger partial charge in [-0.2, -0.15) is 0 Å². The van der Waals surface area contributed by atoms with E-state index in [0.29, 0.717) is 0 Å². The second-order valence-electron chi connectivity index (χ2n) is 2.46. The van der Waals surface area contributed by atoms with Gasteiger partial charge in [-0.1, -0.05) is 0 Å². The van der Waals surface area contributed by atoms with Crippen LogP contribution in [0.25, 0.3) is 0 Å². The van der Waals surface area contributed by atoms with Gasteiger partial charge in [0.2, 0.25) is 0 Å². The van der Waals surface area contributed by atoms with Crippen LogP contribution in [0.2, 0.25) is 0 Å². The Morgan fingerprint density at radius 3 is 0.455 bits per heavy atom. The Labute approximate surface area is 150 Å². The number of carboxylic acid groups (broad SMARTS) is 5. The van der Waals surface area contributed by atoms with Crippen LogP contribution in [0.1, 0.15) is 34.6 Å². The van der Waals surface area contributed by atoms with Gasteiger partial charge in [-0.05, 0) is 34.6 Å². The molecule has 0 saturated heterocycles. The Morgan fingerprint density at radius 1 is 0.455 bits per heavy atom. The first-order chi connectivity index (χ1) is 8.66. The summed E-state index contributed by atoms with van der Waals surface area (Å²) in [7, 11) is 0. The summed E-state index contributed by atoms with van der Waals surface area (Å²) in [6, 6.07) is 0. The standard InChI is InChI=1S/5C2H4O2.Cu.Ru/c5*1-2(3)4;;/h5*1H3,(H,3,4);;/q;;;;;+2;+3/p-5. The first-order valence-corrected chi connectivity index (χ1v) is 4.54. The molecule has 0 spiro atoms. The van der Waals surface area contributed by atoms with Crippen molar-refractivity contribution < 1.29 is 86.1 Å². The van der Waals surface area contributed by atoms with E-state index in [0.717, 1.165) is 34.6 Å². The van der Waals surface area contributed by atoms with Gasteiger partial charge in [0.25, 0.3) is 0 Å². The molecule has 2 radical (unpaired) electrons. The molecular formula is C10H15CuO10Ru. The summed E-state index contributed by atoms with van der Waals surface area (Å²) in [6.45, 7) is 4.86. The molecule has 0 aromatic carbocycles. The number of carbonyl (C=O) groups excluding carboxylic acids is 5. The van der Waals surface area contributed by atoms with Gasteiger partial charge in [0, 0.05) is 29.8 Å². The van der Waals surface area contributed by atoms with E-state index in [4.69, 9.17) is 49.5 Å². The Hall–Kier alpha value is -1.51. The van der Waals surface area contributed by atoms with Crippen LogP contribution in [0.4, 0.5) is 0 Å². The fourth-order valence-corrected chi connectivity index (χ4v) is 0. The zero-order valence-electron chi connectivity index (χ0n) is 12.2. The summed E-state index contributed by atoms with van der Waals surface area (Å²) in [5.41, 5.74) is 0. The van der Waals surface area contributed by atoms with Crippen molar-refractivity contribution in [2.45, 2.75) is 34.6 Å². The van der Waals surface area contributed by atoms with Gasteiger partial charge in [0.1, 0.15) is 0 Å². The fraction of sp³-hybridized carbons (Fsp3) is 0.500. The molecule has 0 aliphatic carbocycles. The zero-order valence-corrected chi connectivity index (χ0v) is 14.9. The second-order valence-corrected chi connectivity index (χ2v) is 2.46. The van der Waals surface area contributed by atoms with E-state index in [1.54, 1.807) is 0 Å². The molecule has 0 fully saturated rings. The Kier molecular flexibility index (Phi) is 71.2. The van der Waals surface area contributed by atoms with Crippen molar-refractivity contribution in [1.29, 1.82) is 0 Å². The number of rotatable bonds is 0. The van der Waals surface area contributed by atoms with Crippen LogP contribution in [-0.4, -0.2) is 29.8 Å². The summed E-state index contributed by atoms with van der Waals surface area (Å²) in [5.74, 6) is -5.42. The van der Waals surface area contributed by atoms with E-state index >= 15 is 0 Å². The first-order valence-electron chi connectivity index (χ1n) is 4.54. The predicted octanol–water partition coefficient (Wildman–Crippen LogP) is -6.22. The molecule has 0 aromatic heterocycles. The normalized spacial score (nSPS) is 5.68. The number of hydrogen-bond donors (Lipinski definition) is 0. The van der Waals surface area contributed by atoms with Crippen molar-refractivity contribution in [1.82, 2.24) is 0 Å². The Balaban J connectivity index is -0.0000000250.